The summed E-state index contributed by atoms with van der Waals surface area (Å²) in [4.78, 5) is 0. The molecule has 8 rings (SSSR count). The smallest absolute Gasteiger partial charge is 0.0165 e. The van der Waals surface area contributed by atoms with E-state index in [0.717, 1.165) is 0 Å². The van der Waals surface area contributed by atoms with E-state index in [1.165, 1.54) is 76.8 Å². The first-order chi connectivity index (χ1) is 19.1. The van der Waals surface area contributed by atoms with Crippen LogP contribution in [0.4, 0.5) is 0 Å². The molecule has 0 aliphatic heterocycles. The molecule has 0 N–H and O–H groups in total. The van der Waals surface area contributed by atoms with Crippen molar-refractivity contribution in [1.82, 2.24) is 0 Å². The topological polar surface area (TPSA) is 0 Å². The lowest BCUT2D eigenvalue weighted by atomic mass is 9.77. The molecule has 1 aliphatic carbocycles. The number of hydrogen-bond donors (Lipinski definition) is 0. The quantitative estimate of drug-likeness (QED) is 0.209. The third kappa shape index (κ3) is 3.12. The van der Waals surface area contributed by atoms with Gasteiger partial charge in [-0.3, -0.25) is 0 Å². The average Bonchev–Trinajstić information content (AvgIpc) is 3.22. The van der Waals surface area contributed by atoms with Crippen LogP contribution in [0, 0.1) is 0 Å². The van der Waals surface area contributed by atoms with Crippen LogP contribution in [0.1, 0.15) is 25.0 Å². The number of fused-ring (bicyclic) bond motifs is 6. The van der Waals surface area contributed by atoms with Crippen LogP contribution in [0.15, 0.2) is 133 Å². The number of hydrogen-bond acceptors (Lipinski definition) is 0. The van der Waals surface area contributed by atoms with Crippen LogP contribution in [-0.2, 0) is 5.41 Å². The maximum Gasteiger partial charge on any atom is 0.0165 e. The van der Waals surface area contributed by atoms with Crippen molar-refractivity contribution in [3.8, 4) is 33.4 Å². The maximum atomic E-state index is 2.38. The Labute approximate surface area is 229 Å². The zero-order valence-corrected chi connectivity index (χ0v) is 22.2. The molecule has 0 amide bonds. The molecule has 0 heterocycles. The van der Waals surface area contributed by atoms with Crippen LogP contribution in [0.5, 0.6) is 0 Å². The van der Waals surface area contributed by atoms with Crippen molar-refractivity contribution in [3.05, 3.63) is 145 Å². The van der Waals surface area contributed by atoms with E-state index in [4.69, 9.17) is 0 Å². The maximum absolute atomic E-state index is 2.38. The minimum atomic E-state index is -0.0816. The highest BCUT2D eigenvalue weighted by molar-refractivity contribution is 6.22. The zero-order chi connectivity index (χ0) is 26.1. The van der Waals surface area contributed by atoms with Gasteiger partial charge in [0.2, 0.25) is 0 Å². The van der Waals surface area contributed by atoms with E-state index >= 15 is 0 Å². The minimum absolute atomic E-state index is 0.0816. The molecular formula is C39H28. The van der Waals surface area contributed by atoms with Gasteiger partial charge in [0.15, 0.2) is 0 Å². The van der Waals surface area contributed by atoms with Crippen molar-refractivity contribution in [1.29, 1.82) is 0 Å². The molecule has 39 heavy (non-hydrogen) atoms. The summed E-state index contributed by atoms with van der Waals surface area (Å²) < 4.78 is 0. The van der Waals surface area contributed by atoms with Crippen LogP contribution in [0.25, 0.3) is 65.7 Å². The van der Waals surface area contributed by atoms with Gasteiger partial charge in [-0.15, -0.1) is 0 Å². The second-order valence-electron chi connectivity index (χ2n) is 11.3. The Balaban J connectivity index is 1.51. The average molecular weight is 497 g/mol. The second kappa shape index (κ2) is 8.16. The lowest BCUT2D eigenvalue weighted by molar-refractivity contribution is 0.662. The van der Waals surface area contributed by atoms with Gasteiger partial charge in [-0.2, -0.15) is 0 Å². The van der Waals surface area contributed by atoms with Gasteiger partial charge in [0, 0.05) is 5.41 Å². The zero-order valence-electron chi connectivity index (χ0n) is 22.2. The molecule has 0 radical (unpaired) electrons. The van der Waals surface area contributed by atoms with Crippen LogP contribution in [0.2, 0.25) is 0 Å². The monoisotopic (exact) mass is 496 g/mol. The Kier molecular flexibility index (Phi) is 4.67. The molecule has 0 nitrogen and oxygen atoms in total. The van der Waals surface area contributed by atoms with E-state index < -0.39 is 0 Å². The van der Waals surface area contributed by atoms with E-state index in [1.54, 1.807) is 0 Å². The Hall–Kier alpha value is -4.68. The number of benzene rings is 7. The van der Waals surface area contributed by atoms with Gasteiger partial charge in [-0.05, 0) is 82.9 Å². The van der Waals surface area contributed by atoms with Gasteiger partial charge in [0.25, 0.3) is 0 Å². The Morgan fingerprint density at radius 1 is 0.410 bits per heavy atom. The van der Waals surface area contributed by atoms with Crippen LogP contribution in [0.3, 0.4) is 0 Å². The highest BCUT2D eigenvalue weighted by Gasteiger charge is 2.37. The van der Waals surface area contributed by atoms with Crippen LogP contribution < -0.4 is 0 Å². The molecule has 0 atom stereocenters. The summed E-state index contributed by atoms with van der Waals surface area (Å²) in [5.74, 6) is 0. The fourth-order valence-electron chi connectivity index (χ4n) is 7.13. The van der Waals surface area contributed by atoms with E-state index in [-0.39, 0.29) is 5.41 Å². The molecular weight excluding hydrogens is 468 g/mol. The first-order valence-corrected chi connectivity index (χ1v) is 13.8. The molecule has 0 unspecified atom stereocenters. The molecule has 0 saturated carbocycles. The molecule has 7 aromatic rings. The van der Waals surface area contributed by atoms with Gasteiger partial charge < -0.3 is 0 Å². The summed E-state index contributed by atoms with van der Waals surface area (Å²) in [6, 6.07) is 49.3. The Bertz CT molecular complexity index is 2030. The van der Waals surface area contributed by atoms with Crippen LogP contribution in [-0.4, -0.2) is 0 Å². The summed E-state index contributed by atoms with van der Waals surface area (Å²) in [6.45, 7) is 4.77. The largest absolute Gasteiger partial charge is 0.0619 e. The molecule has 0 heteroatoms. The van der Waals surface area contributed by atoms with Crippen molar-refractivity contribution < 1.29 is 0 Å². The highest BCUT2D eigenvalue weighted by Crippen LogP contribution is 2.54. The molecule has 0 aromatic heterocycles. The predicted molar refractivity (Wildman–Crippen MR) is 167 cm³/mol. The summed E-state index contributed by atoms with van der Waals surface area (Å²) in [6.07, 6.45) is 0. The van der Waals surface area contributed by atoms with Gasteiger partial charge in [-0.1, -0.05) is 141 Å². The lowest BCUT2D eigenvalue weighted by Gasteiger charge is -2.26. The van der Waals surface area contributed by atoms with Crippen molar-refractivity contribution >= 4 is 32.3 Å². The van der Waals surface area contributed by atoms with Crippen LogP contribution >= 0.6 is 0 Å². The fraction of sp³-hybridized carbons (Fsp3) is 0.0769. The lowest BCUT2D eigenvalue weighted by Crippen LogP contribution is -2.16. The van der Waals surface area contributed by atoms with Crippen molar-refractivity contribution in [3.63, 3.8) is 0 Å². The van der Waals surface area contributed by atoms with Gasteiger partial charge in [-0.25, -0.2) is 0 Å². The highest BCUT2D eigenvalue weighted by atomic mass is 14.4. The summed E-state index contributed by atoms with van der Waals surface area (Å²) in [5, 5.41) is 7.75. The van der Waals surface area contributed by atoms with E-state index in [1.807, 2.05) is 0 Å². The minimum Gasteiger partial charge on any atom is -0.0619 e. The van der Waals surface area contributed by atoms with E-state index in [2.05, 4.69) is 147 Å². The standard InChI is InChI=1S/C39H28/c1-39(2)35-21-10-9-14-28(35)33-19-11-20-34(38(33)39)37-31-17-7-5-15-29(31)36(30-16-6-8-18-32(30)37)27-23-22-25-12-3-4-13-26(25)24-27/h3-24H,1-2H3. The molecule has 0 spiro atoms. The molecule has 1 aliphatic rings. The molecule has 7 aromatic carbocycles. The Morgan fingerprint density at radius 3 is 1.67 bits per heavy atom. The first kappa shape index (κ1) is 22.3. The van der Waals surface area contributed by atoms with Crippen molar-refractivity contribution in [2.45, 2.75) is 19.3 Å². The summed E-state index contributed by atoms with van der Waals surface area (Å²) >= 11 is 0. The molecule has 0 fully saturated rings. The summed E-state index contributed by atoms with van der Waals surface area (Å²) in [7, 11) is 0. The molecule has 0 bridgehead atoms. The first-order valence-electron chi connectivity index (χ1n) is 13.8. The second-order valence-corrected chi connectivity index (χ2v) is 11.3. The third-order valence-corrected chi connectivity index (χ3v) is 8.82. The molecule has 184 valence electrons. The van der Waals surface area contributed by atoms with E-state index in [9.17, 15) is 0 Å². The van der Waals surface area contributed by atoms with Crippen molar-refractivity contribution in [2.24, 2.45) is 0 Å². The SMILES string of the molecule is CC1(C)c2ccccc2-c2cccc(-c3c4ccccc4c(-c4ccc5ccccc5c4)c4ccccc34)c21. The number of rotatable bonds is 2. The molecule has 0 saturated heterocycles. The Morgan fingerprint density at radius 2 is 0.949 bits per heavy atom. The van der Waals surface area contributed by atoms with E-state index in [0.29, 0.717) is 0 Å². The van der Waals surface area contributed by atoms with Gasteiger partial charge in [0.1, 0.15) is 0 Å². The van der Waals surface area contributed by atoms with Gasteiger partial charge in [0.05, 0.1) is 0 Å². The third-order valence-electron chi connectivity index (χ3n) is 8.82. The normalized spacial score (nSPS) is 13.6. The predicted octanol–water partition coefficient (Wildman–Crippen LogP) is 10.8. The van der Waals surface area contributed by atoms with Gasteiger partial charge >= 0.3 is 0 Å². The fourth-order valence-corrected chi connectivity index (χ4v) is 7.13. The van der Waals surface area contributed by atoms with Crippen molar-refractivity contribution in [2.75, 3.05) is 0 Å². The summed E-state index contributed by atoms with van der Waals surface area (Å²) in [5.41, 5.74) is 10.7.